The minimum absolute atomic E-state index is 0.00433. The van der Waals surface area contributed by atoms with Crippen molar-refractivity contribution in [2.45, 2.75) is 161 Å². The van der Waals surface area contributed by atoms with Gasteiger partial charge < -0.3 is 28.2 Å². The second-order valence-electron chi connectivity index (χ2n) is 16.7. The Bertz CT molecular complexity index is 1600. The van der Waals surface area contributed by atoms with Gasteiger partial charge in [-0.15, -0.1) is 0 Å². The third-order valence-corrected chi connectivity index (χ3v) is 23.6. The normalized spacial score (nSPS) is 33.9. The Morgan fingerprint density at radius 1 is 0.887 bits per heavy atom. The lowest BCUT2D eigenvalue weighted by Gasteiger charge is -2.67. The van der Waals surface area contributed by atoms with E-state index in [2.05, 4.69) is 41.5 Å². The first-order chi connectivity index (χ1) is 24.9. The second-order valence-corrected chi connectivity index (χ2v) is 26.2. The molecule has 0 spiro atoms. The number of benzene rings is 1. The first-order valence-corrected chi connectivity index (χ1v) is 24.9. The Kier molecular flexibility index (Phi) is 11.7. The topological polar surface area (TPSA) is 135 Å². The fraction of sp³-hybridized carbons (Fsp3) is 0.707. The molecule has 12 heteroatoms. The van der Waals surface area contributed by atoms with Crippen LogP contribution in [0.4, 0.5) is 0 Å². The van der Waals surface area contributed by atoms with Gasteiger partial charge >= 0.3 is 11.9 Å². The van der Waals surface area contributed by atoms with Crippen molar-refractivity contribution in [3.05, 3.63) is 47.0 Å². The molecule has 1 aromatic carbocycles. The third kappa shape index (κ3) is 6.37. The molecule has 0 aromatic heterocycles. The molecule has 2 saturated carbocycles. The van der Waals surface area contributed by atoms with Gasteiger partial charge in [0.25, 0.3) is 0 Å². The standard InChI is InChI=1S/C41H62O10Si2/c1-12-52(13-2,14-3)50-29-24-41(46)36(48-37(45)28-21-19-18-20-22-28)34-39(11,35(44)33(43)32(26(29)7)38(41,9)10)30(51-53(15-4,16-5)17-6)23-31-40(34,25-47-31)49-27(8)42/h18-22,29-31,34,36,46H,12-17,23-25H2,1-11H3/t29-,30+,31+,34-,36-,39+,40-,41+/m0/s1. The van der Waals surface area contributed by atoms with Crippen LogP contribution in [-0.4, -0.2) is 87.5 Å². The largest absolute Gasteiger partial charge is 0.455 e. The van der Waals surface area contributed by atoms with Gasteiger partial charge in [0.2, 0.25) is 11.6 Å². The number of hydrogen-bond donors (Lipinski definition) is 1. The average Bonchev–Trinajstić information content (AvgIpc) is 3.13. The van der Waals surface area contributed by atoms with E-state index in [-0.39, 0.29) is 30.6 Å². The van der Waals surface area contributed by atoms with Gasteiger partial charge in [0.1, 0.15) is 17.8 Å². The molecular weight excluding hydrogens is 709 g/mol. The lowest BCUT2D eigenvalue weighted by atomic mass is 9.45. The van der Waals surface area contributed by atoms with Crippen LogP contribution in [-0.2, 0) is 37.4 Å². The van der Waals surface area contributed by atoms with Crippen molar-refractivity contribution in [2.75, 3.05) is 6.61 Å². The molecule has 3 aliphatic carbocycles. The molecule has 1 heterocycles. The number of ketones is 2. The molecule has 1 aliphatic heterocycles. The van der Waals surface area contributed by atoms with E-state index in [1.807, 2.05) is 6.92 Å². The van der Waals surface area contributed by atoms with Crippen LogP contribution in [0.15, 0.2) is 41.5 Å². The van der Waals surface area contributed by atoms with Crippen LogP contribution in [0.2, 0.25) is 36.3 Å². The number of fused-ring (bicyclic) bond motifs is 5. The van der Waals surface area contributed by atoms with Crippen molar-refractivity contribution in [3.8, 4) is 0 Å². The lowest BCUT2D eigenvalue weighted by Crippen LogP contribution is -2.82. The highest BCUT2D eigenvalue weighted by Gasteiger charge is 2.78. The molecule has 1 aromatic rings. The van der Waals surface area contributed by atoms with E-state index in [4.69, 9.17) is 23.1 Å². The van der Waals surface area contributed by atoms with E-state index in [0.29, 0.717) is 5.57 Å². The summed E-state index contributed by atoms with van der Waals surface area (Å²) in [5.41, 5.74) is -5.51. The Balaban J connectivity index is 1.87. The number of carbonyl (C=O) groups is 4. The van der Waals surface area contributed by atoms with Crippen molar-refractivity contribution < 1.29 is 47.3 Å². The Hall–Kier alpha value is -2.49. The maximum atomic E-state index is 15.5. The fourth-order valence-electron chi connectivity index (χ4n) is 10.3. The van der Waals surface area contributed by atoms with Crippen molar-refractivity contribution in [1.29, 1.82) is 0 Å². The minimum Gasteiger partial charge on any atom is -0.455 e. The number of esters is 2. The summed E-state index contributed by atoms with van der Waals surface area (Å²) < 4.78 is 33.4. The summed E-state index contributed by atoms with van der Waals surface area (Å²) >= 11 is 0. The zero-order chi connectivity index (χ0) is 39.4. The van der Waals surface area contributed by atoms with Crippen LogP contribution in [0, 0.1) is 16.7 Å². The average molecular weight is 771 g/mol. The summed E-state index contributed by atoms with van der Waals surface area (Å²) in [5, 5.41) is 13.7. The molecule has 5 rings (SSSR count). The summed E-state index contributed by atoms with van der Waals surface area (Å²) in [6.45, 7) is 20.9. The van der Waals surface area contributed by atoms with Crippen LogP contribution >= 0.6 is 0 Å². The molecule has 0 unspecified atom stereocenters. The van der Waals surface area contributed by atoms with Crippen molar-refractivity contribution >= 4 is 40.1 Å². The van der Waals surface area contributed by atoms with Crippen LogP contribution in [0.5, 0.6) is 0 Å². The van der Waals surface area contributed by atoms with Gasteiger partial charge in [-0.3, -0.25) is 14.4 Å². The van der Waals surface area contributed by atoms with Gasteiger partial charge in [0.05, 0.1) is 35.7 Å². The molecular formula is C41H62O10Si2. The fourth-order valence-corrected chi connectivity index (χ4v) is 16.1. The summed E-state index contributed by atoms with van der Waals surface area (Å²) in [4.78, 5) is 58.2. The molecule has 1 N–H and O–H groups in total. The Labute approximate surface area is 318 Å². The molecule has 2 bridgehead atoms. The van der Waals surface area contributed by atoms with Gasteiger partial charge in [-0.25, -0.2) is 4.79 Å². The lowest BCUT2D eigenvalue weighted by molar-refractivity contribution is -0.342. The van der Waals surface area contributed by atoms with Crippen LogP contribution in [0.25, 0.3) is 0 Å². The predicted molar refractivity (Wildman–Crippen MR) is 206 cm³/mol. The number of ether oxygens (including phenoxy) is 3. The molecule has 53 heavy (non-hydrogen) atoms. The maximum Gasteiger partial charge on any atom is 0.338 e. The monoisotopic (exact) mass is 770 g/mol. The van der Waals surface area contributed by atoms with Crippen LogP contribution in [0.1, 0.15) is 99.4 Å². The van der Waals surface area contributed by atoms with Crippen molar-refractivity contribution in [3.63, 3.8) is 0 Å². The first kappa shape index (κ1) is 41.7. The van der Waals surface area contributed by atoms with Gasteiger partial charge in [-0.1, -0.05) is 73.6 Å². The zero-order valence-corrected chi connectivity index (χ0v) is 35.8. The Morgan fingerprint density at radius 2 is 1.43 bits per heavy atom. The van der Waals surface area contributed by atoms with Crippen LogP contribution in [0.3, 0.4) is 0 Å². The number of hydrogen-bond acceptors (Lipinski definition) is 10. The summed E-state index contributed by atoms with van der Waals surface area (Å²) in [5.74, 6) is -3.94. The maximum absolute atomic E-state index is 15.5. The number of Topliss-reactive ketones (excluding diaryl/α,β-unsaturated/α-hetero) is 2. The number of rotatable bonds is 13. The molecule has 10 nitrogen and oxygen atoms in total. The van der Waals surface area contributed by atoms with E-state index in [1.165, 1.54) is 6.92 Å². The van der Waals surface area contributed by atoms with Crippen LogP contribution < -0.4 is 0 Å². The smallest absolute Gasteiger partial charge is 0.338 e. The zero-order valence-electron chi connectivity index (χ0n) is 33.8. The highest BCUT2D eigenvalue weighted by atomic mass is 28.4. The SMILES string of the molecule is CC[Si](CC)(CC)O[C@H]1C[C@@]2(O)[C@@H](OC(=O)c3ccccc3)[C@@H]3[C@]4(OC(C)=O)CO[C@@H]4C[C@@H](O[Si](CC)(CC)CC)[C@@]3(C)C(=O)C(=O)C(=C1C)C2(C)C. The second kappa shape index (κ2) is 14.9. The van der Waals surface area contributed by atoms with Gasteiger partial charge in [-0.05, 0) is 67.8 Å². The highest BCUT2D eigenvalue weighted by molar-refractivity contribution is 6.74. The predicted octanol–water partition coefficient (Wildman–Crippen LogP) is 7.35. The summed E-state index contributed by atoms with van der Waals surface area (Å²) in [7, 11) is -4.82. The molecule has 1 saturated heterocycles. The van der Waals surface area contributed by atoms with E-state index < -0.39 is 92.5 Å². The van der Waals surface area contributed by atoms with E-state index in [1.54, 1.807) is 51.1 Å². The van der Waals surface area contributed by atoms with E-state index >= 15 is 9.59 Å². The molecule has 0 radical (unpaired) electrons. The highest BCUT2D eigenvalue weighted by Crippen LogP contribution is 2.64. The minimum atomic E-state index is -2.46. The molecule has 0 amide bonds. The Morgan fingerprint density at radius 3 is 1.92 bits per heavy atom. The number of carbonyl (C=O) groups excluding carboxylic acids is 4. The molecule has 8 atom stereocenters. The summed E-state index contributed by atoms with van der Waals surface area (Å²) in [6, 6.07) is 13.3. The molecule has 4 aliphatic rings. The molecule has 294 valence electrons. The molecule has 3 fully saturated rings. The quantitative estimate of drug-likeness (QED) is 0.123. The van der Waals surface area contributed by atoms with Gasteiger partial charge in [-0.2, -0.15) is 0 Å². The van der Waals surface area contributed by atoms with Gasteiger partial charge in [0, 0.05) is 30.8 Å². The summed E-state index contributed by atoms with van der Waals surface area (Å²) in [6.07, 6.45) is -3.57. The van der Waals surface area contributed by atoms with E-state index in [9.17, 15) is 14.7 Å². The van der Waals surface area contributed by atoms with Crippen molar-refractivity contribution in [1.82, 2.24) is 0 Å². The van der Waals surface area contributed by atoms with Crippen molar-refractivity contribution in [2.24, 2.45) is 16.7 Å². The third-order valence-electron chi connectivity index (χ3n) is 14.3. The van der Waals surface area contributed by atoms with Gasteiger partial charge in [0.15, 0.2) is 22.2 Å². The van der Waals surface area contributed by atoms with E-state index in [0.717, 1.165) is 36.3 Å². The number of aliphatic hydroxyl groups is 1. The first-order valence-electron chi connectivity index (χ1n) is 19.8.